The summed E-state index contributed by atoms with van der Waals surface area (Å²) in [6.07, 6.45) is 19.2. The predicted molar refractivity (Wildman–Crippen MR) is 74.2 cm³/mol. The monoisotopic (exact) mass is 238 g/mol. The molecule has 0 bridgehead atoms. The van der Waals surface area contributed by atoms with E-state index in [-0.39, 0.29) is 0 Å². The normalized spacial score (nSPS) is 11.4. The fourth-order valence-electron chi connectivity index (χ4n) is 1.60. The maximum atomic E-state index is 8.46. The van der Waals surface area contributed by atoms with Gasteiger partial charge in [-0.25, -0.2) is 0 Å². The van der Waals surface area contributed by atoms with Gasteiger partial charge in [0.1, 0.15) is 0 Å². The van der Waals surface area contributed by atoms with Gasteiger partial charge in [0, 0.05) is 6.08 Å². The minimum absolute atomic E-state index is 0.651. The predicted octanol–water partition coefficient (Wildman–Crippen LogP) is 5.20. The van der Waals surface area contributed by atoms with Gasteiger partial charge in [-0.3, -0.25) is 0 Å². The van der Waals surface area contributed by atoms with Crippen LogP contribution in [0.2, 0.25) is 0 Å². The largest absolute Gasteiger partial charge is 0.481 e. The molecule has 2 heteroatoms. The molecule has 0 spiro atoms. The highest BCUT2D eigenvalue weighted by molar-refractivity contribution is 5.10. The Hall–Kier alpha value is -1.18. The first-order valence-corrected chi connectivity index (χ1v) is 6.68. The van der Waals surface area contributed by atoms with E-state index in [4.69, 9.17) is 10.2 Å². The van der Waals surface area contributed by atoms with Crippen LogP contribution >= 0.6 is 0 Å². The highest BCUT2D eigenvalue weighted by atomic mass is 16.5. The van der Waals surface area contributed by atoms with E-state index in [2.05, 4.69) is 13.0 Å². The van der Waals surface area contributed by atoms with Crippen molar-refractivity contribution in [3.8, 4) is 0 Å². The maximum absolute atomic E-state index is 8.46. The molecule has 0 saturated carbocycles. The van der Waals surface area contributed by atoms with Crippen LogP contribution in [0.25, 0.3) is 0 Å². The average Bonchev–Trinajstić information content (AvgIpc) is 2.30. The first-order chi connectivity index (χ1) is 8.27. The SMILES string of the molecule is CCCCCCCCCC=CC=CC=C(O)O. The van der Waals surface area contributed by atoms with Crippen LogP contribution in [-0.2, 0) is 0 Å². The zero-order valence-corrected chi connectivity index (χ0v) is 10.9. The zero-order valence-electron chi connectivity index (χ0n) is 10.9. The van der Waals surface area contributed by atoms with Crippen molar-refractivity contribution in [2.45, 2.75) is 58.3 Å². The molecule has 0 radical (unpaired) electrons. The second-order valence-electron chi connectivity index (χ2n) is 4.25. The van der Waals surface area contributed by atoms with E-state index in [1.54, 1.807) is 12.2 Å². The molecule has 0 amide bonds. The van der Waals surface area contributed by atoms with Crippen molar-refractivity contribution in [1.29, 1.82) is 0 Å². The van der Waals surface area contributed by atoms with Gasteiger partial charge in [-0.15, -0.1) is 0 Å². The molecule has 0 aliphatic rings. The number of rotatable bonds is 10. The molecule has 2 N–H and O–H groups in total. The minimum atomic E-state index is -0.651. The molecule has 0 saturated heterocycles. The van der Waals surface area contributed by atoms with Crippen LogP contribution in [0.3, 0.4) is 0 Å². The van der Waals surface area contributed by atoms with Crippen molar-refractivity contribution in [2.75, 3.05) is 0 Å². The Morgan fingerprint density at radius 2 is 1.47 bits per heavy atom. The Labute approximate surface area is 105 Å². The number of aliphatic hydroxyl groups excluding tert-OH is 1. The third-order valence-electron chi connectivity index (χ3n) is 2.58. The molecule has 17 heavy (non-hydrogen) atoms. The standard InChI is InChI=1S/C15H26O2/c1-2-3-4-5-6-7-8-9-10-11-12-13-14-15(16)17/h10-14,16-17H,2-9H2,1H3. The van der Waals surface area contributed by atoms with Crippen molar-refractivity contribution in [3.05, 3.63) is 36.3 Å². The van der Waals surface area contributed by atoms with Gasteiger partial charge < -0.3 is 10.2 Å². The lowest BCUT2D eigenvalue weighted by Crippen LogP contribution is -1.78. The molecule has 2 nitrogen and oxygen atoms in total. The molecule has 0 aromatic heterocycles. The summed E-state index contributed by atoms with van der Waals surface area (Å²) in [6, 6.07) is 0. The Balaban J connectivity index is 3.25. The molecule has 0 atom stereocenters. The fourth-order valence-corrected chi connectivity index (χ4v) is 1.60. The van der Waals surface area contributed by atoms with Crippen LogP contribution in [0.15, 0.2) is 36.3 Å². The van der Waals surface area contributed by atoms with Gasteiger partial charge in [0.05, 0.1) is 0 Å². The van der Waals surface area contributed by atoms with E-state index < -0.39 is 5.95 Å². The van der Waals surface area contributed by atoms with Crippen molar-refractivity contribution >= 4 is 0 Å². The molecular weight excluding hydrogens is 212 g/mol. The van der Waals surface area contributed by atoms with Crippen molar-refractivity contribution in [2.24, 2.45) is 0 Å². The summed E-state index contributed by atoms with van der Waals surface area (Å²) in [6.45, 7) is 2.24. The van der Waals surface area contributed by atoms with Crippen LogP contribution in [0, 0.1) is 0 Å². The Morgan fingerprint density at radius 3 is 2.12 bits per heavy atom. The second kappa shape index (κ2) is 12.9. The Bertz CT molecular complexity index is 235. The lowest BCUT2D eigenvalue weighted by molar-refractivity contribution is 0.191. The van der Waals surface area contributed by atoms with E-state index in [1.165, 1.54) is 51.0 Å². The molecule has 0 rings (SSSR count). The Morgan fingerprint density at radius 1 is 0.824 bits per heavy atom. The van der Waals surface area contributed by atoms with Gasteiger partial charge in [0.15, 0.2) is 0 Å². The number of hydrogen-bond acceptors (Lipinski definition) is 2. The van der Waals surface area contributed by atoms with Gasteiger partial charge in [0.2, 0.25) is 0 Å². The van der Waals surface area contributed by atoms with E-state index in [0.29, 0.717) is 0 Å². The van der Waals surface area contributed by atoms with Gasteiger partial charge in [-0.2, -0.15) is 0 Å². The molecule has 0 aromatic carbocycles. The quantitative estimate of drug-likeness (QED) is 0.312. The molecular formula is C15H26O2. The van der Waals surface area contributed by atoms with Crippen molar-refractivity contribution in [1.82, 2.24) is 0 Å². The third-order valence-corrected chi connectivity index (χ3v) is 2.58. The van der Waals surface area contributed by atoms with E-state index in [1.807, 2.05) is 6.08 Å². The smallest absolute Gasteiger partial charge is 0.274 e. The third kappa shape index (κ3) is 14.8. The molecule has 0 heterocycles. The first kappa shape index (κ1) is 15.8. The molecule has 0 fully saturated rings. The zero-order chi connectivity index (χ0) is 12.8. The Kier molecular flexibility index (Phi) is 12.0. The van der Waals surface area contributed by atoms with E-state index >= 15 is 0 Å². The summed E-state index contributed by atoms with van der Waals surface area (Å²) >= 11 is 0. The second-order valence-corrected chi connectivity index (χ2v) is 4.25. The topological polar surface area (TPSA) is 40.5 Å². The first-order valence-electron chi connectivity index (χ1n) is 6.68. The fraction of sp³-hybridized carbons (Fsp3) is 0.600. The number of unbranched alkanes of at least 4 members (excludes halogenated alkanes) is 7. The van der Waals surface area contributed by atoms with Crippen LogP contribution < -0.4 is 0 Å². The lowest BCUT2D eigenvalue weighted by atomic mass is 10.1. The minimum Gasteiger partial charge on any atom is -0.481 e. The summed E-state index contributed by atoms with van der Waals surface area (Å²) in [7, 11) is 0. The molecule has 0 aliphatic carbocycles. The highest BCUT2D eigenvalue weighted by Crippen LogP contribution is 2.08. The van der Waals surface area contributed by atoms with Crippen LogP contribution in [0.5, 0.6) is 0 Å². The van der Waals surface area contributed by atoms with Crippen molar-refractivity contribution < 1.29 is 10.2 Å². The summed E-state index contributed by atoms with van der Waals surface area (Å²) in [5.74, 6) is -0.651. The average molecular weight is 238 g/mol. The highest BCUT2D eigenvalue weighted by Gasteiger charge is 1.88. The van der Waals surface area contributed by atoms with Gasteiger partial charge in [0.25, 0.3) is 5.95 Å². The van der Waals surface area contributed by atoms with E-state index in [0.717, 1.165) is 6.42 Å². The van der Waals surface area contributed by atoms with Gasteiger partial charge >= 0.3 is 0 Å². The summed E-state index contributed by atoms with van der Waals surface area (Å²) in [5.41, 5.74) is 0. The van der Waals surface area contributed by atoms with E-state index in [9.17, 15) is 0 Å². The maximum Gasteiger partial charge on any atom is 0.274 e. The lowest BCUT2D eigenvalue weighted by Gasteiger charge is -1.98. The van der Waals surface area contributed by atoms with Crippen LogP contribution in [-0.4, -0.2) is 10.2 Å². The number of aliphatic hydroxyl groups is 2. The van der Waals surface area contributed by atoms with Gasteiger partial charge in [-0.05, 0) is 12.8 Å². The molecule has 0 aliphatic heterocycles. The van der Waals surface area contributed by atoms with Crippen LogP contribution in [0.1, 0.15) is 58.3 Å². The molecule has 0 aromatic rings. The summed E-state index contributed by atoms with van der Waals surface area (Å²) < 4.78 is 0. The summed E-state index contributed by atoms with van der Waals surface area (Å²) in [5, 5.41) is 16.9. The van der Waals surface area contributed by atoms with Gasteiger partial charge in [-0.1, -0.05) is 69.8 Å². The van der Waals surface area contributed by atoms with Crippen LogP contribution in [0.4, 0.5) is 0 Å². The summed E-state index contributed by atoms with van der Waals surface area (Å²) in [4.78, 5) is 0. The number of allylic oxidation sites excluding steroid dienone is 5. The van der Waals surface area contributed by atoms with Crippen molar-refractivity contribution in [3.63, 3.8) is 0 Å². The molecule has 0 unspecified atom stereocenters. The molecule has 98 valence electrons. The number of hydrogen-bond donors (Lipinski definition) is 2.